The molecule has 0 unspecified atom stereocenters. The van der Waals surface area contributed by atoms with Crippen molar-refractivity contribution in [3.63, 3.8) is 0 Å². The average Bonchev–Trinajstić information content (AvgIpc) is 3.85. The molecule has 0 saturated carbocycles. The highest BCUT2D eigenvalue weighted by Crippen LogP contribution is 2.44. The predicted molar refractivity (Wildman–Crippen MR) is 199 cm³/mol. The van der Waals surface area contributed by atoms with E-state index in [-0.39, 0.29) is 0 Å². The summed E-state index contributed by atoms with van der Waals surface area (Å²) in [6.45, 7) is 0. The number of aromatic nitrogens is 1. The maximum absolute atomic E-state index is 6.20. The van der Waals surface area contributed by atoms with E-state index in [0.29, 0.717) is 0 Å². The second-order valence-corrected chi connectivity index (χ2v) is 14.3. The molecule has 0 N–H and O–H groups in total. The second kappa shape index (κ2) is 9.07. The van der Waals surface area contributed by atoms with Crippen LogP contribution < -0.4 is 0 Å². The van der Waals surface area contributed by atoms with Gasteiger partial charge in [-0.15, -0.1) is 22.7 Å². The number of hydrogen-bond acceptors (Lipinski definition) is 3. The molecule has 0 aliphatic heterocycles. The van der Waals surface area contributed by atoms with Gasteiger partial charge >= 0.3 is 0 Å². The Morgan fingerprint density at radius 2 is 1.09 bits per heavy atom. The first-order valence-electron chi connectivity index (χ1n) is 15.5. The van der Waals surface area contributed by atoms with Gasteiger partial charge in [-0.1, -0.05) is 72.8 Å². The van der Waals surface area contributed by atoms with Crippen molar-refractivity contribution in [2.24, 2.45) is 0 Å². The lowest BCUT2D eigenvalue weighted by atomic mass is 10.0. The van der Waals surface area contributed by atoms with Crippen molar-refractivity contribution in [1.29, 1.82) is 0 Å². The van der Waals surface area contributed by atoms with Crippen LogP contribution in [0.1, 0.15) is 0 Å². The Bertz CT molecular complexity index is 3040. The van der Waals surface area contributed by atoms with Crippen LogP contribution in [-0.2, 0) is 0 Å². The van der Waals surface area contributed by atoms with Gasteiger partial charge in [-0.05, 0) is 77.9 Å². The molecule has 4 heterocycles. The van der Waals surface area contributed by atoms with Crippen molar-refractivity contribution in [1.82, 2.24) is 4.57 Å². The summed E-state index contributed by atoms with van der Waals surface area (Å²) in [5.41, 5.74) is 7.92. The minimum atomic E-state index is 0.929. The van der Waals surface area contributed by atoms with Gasteiger partial charge in [0.2, 0.25) is 0 Å². The maximum atomic E-state index is 6.20. The Kier molecular flexibility index (Phi) is 4.90. The monoisotopic (exact) mass is 621 g/mol. The summed E-state index contributed by atoms with van der Waals surface area (Å²) in [6, 6.07) is 51.0. The summed E-state index contributed by atoms with van der Waals surface area (Å²) in [6.07, 6.45) is 0. The molecular formula is C42H23NOS2. The van der Waals surface area contributed by atoms with E-state index in [9.17, 15) is 0 Å². The van der Waals surface area contributed by atoms with E-state index in [4.69, 9.17) is 4.42 Å². The van der Waals surface area contributed by atoms with Crippen LogP contribution in [0.5, 0.6) is 0 Å². The molecule has 0 atom stereocenters. The Labute approximate surface area is 270 Å². The lowest BCUT2D eigenvalue weighted by molar-refractivity contribution is 0.669. The molecule has 0 radical (unpaired) electrons. The Hall–Kier alpha value is -5.42. The number of hydrogen-bond donors (Lipinski definition) is 0. The third-order valence-corrected chi connectivity index (χ3v) is 11.9. The molecule has 11 rings (SSSR count). The van der Waals surface area contributed by atoms with E-state index in [1.165, 1.54) is 79.0 Å². The quantitative estimate of drug-likeness (QED) is 0.188. The third-order valence-electron chi connectivity index (χ3n) is 9.60. The summed E-state index contributed by atoms with van der Waals surface area (Å²) < 4.78 is 13.9. The molecule has 4 heteroatoms. The van der Waals surface area contributed by atoms with Crippen molar-refractivity contribution in [2.75, 3.05) is 0 Å². The Morgan fingerprint density at radius 3 is 2.02 bits per heavy atom. The SMILES string of the molecule is c1ccc2c(c1)oc1cc(-c3ccc4c(c3)sc3ccc(-n5c6ccccc6c6c7c(ccc65)sc5ccccc57)cc34)ccc12. The number of furan rings is 1. The van der Waals surface area contributed by atoms with Gasteiger partial charge in [0.05, 0.1) is 11.0 Å². The molecule has 0 aliphatic carbocycles. The van der Waals surface area contributed by atoms with E-state index < -0.39 is 0 Å². The highest BCUT2D eigenvalue weighted by molar-refractivity contribution is 7.26. The Balaban J connectivity index is 1.10. The highest BCUT2D eigenvalue weighted by atomic mass is 32.1. The van der Waals surface area contributed by atoms with Gasteiger partial charge in [0.25, 0.3) is 0 Å². The number of rotatable bonds is 2. The molecule has 0 saturated heterocycles. The number of para-hydroxylation sites is 2. The largest absolute Gasteiger partial charge is 0.456 e. The van der Waals surface area contributed by atoms with Crippen molar-refractivity contribution in [2.45, 2.75) is 0 Å². The molecule has 214 valence electrons. The number of fused-ring (bicyclic) bond motifs is 13. The highest BCUT2D eigenvalue weighted by Gasteiger charge is 2.18. The lowest BCUT2D eigenvalue weighted by Crippen LogP contribution is -1.93. The smallest absolute Gasteiger partial charge is 0.136 e. The van der Waals surface area contributed by atoms with Crippen LogP contribution >= 0.6 is 22.7 Å². The third kappa shape index (κ3) is 3.35. The molecule has 0 amide bonds. The van der Waals surface area contributed by atoms with Crippen molar-refractivity contribution >= 4 is 107 Å². The minimum Gasteiger partial charge on any atom is -0.456 e. The molecule has 11 aromatic rings. The molecule has 7 aromatic carbocycles. The summed E-state index contributed by atoms with van der Waals surface area (Å²) >= 11 is 3.75. The first-order valence-corrected chi connectivity index (χ1v) is 17.1. The van der Waals surface area contributed by atoms with Crippen LogP contribution in [0.15, 0.2) is 144 Å². The van der Waals surface area contributed by atoms with Crippen molar-refractivity contribution in [3.05, 3.63) is 140 Å². The van der Waals surface area contributed by atoms with Crippen LogP contribution in [-0.4, -0.2) is 4.57 Å². The first-order chi connectivity index (χ1) is 22.8. The van der Waals surface area contributed by atoms with E-state index in [0.717, 1.165) is 21.9 Å². The summed E-state index contributed by atoms with van der Waals surface area (Å²) in [5.74, 6) is 0. The van der Waals surface area contributed by atoms with Crippen molar-refractivity contribution in [3.8, 4) is 16.8 Å². The van der Waals surface area contributed by atoms with E-state index in [1.807, 2.05) is 34.8 Å². The molecule has 0 aliphatic rings. The fourth-order valence-electron chi connectivity index (χ4n) is 7.54. The van der Waals surface area contributed by atoms with Gasteiger partial charge in [0.1, 0.15) is 11.2 Å². The van der Waals surface area contributed by atoms with Crippen molar-refractivity contribution < 1.29 is 4.42 Å². The van der Waals surface area contributed by atoms with Crippen LogP contribution in [0.3, 0.4) is 0 Å². The summed E-state index contributed by atoms with van der Waals surface area (Å²) in [7, 11) is 0. The standard InChI is InChI=1S/C42H23NOS2/c1-4-10-33-30(8-1)41-34(18-20-39-42(41)31-9-3-6-12-37(31)45-39)43(33)26-15-19-38-32(23-26)29-17-14-25(22-40(29)46-38)24-13-16-28-27-7-2-5-11-35(27)44-36(28)21-24/h1-23H. The summed E-state index contributed by atoms with van der Waals surface area (Å²) in [5, 5.41) is 10.3. The zero-order valence-corrected chi connectivity index (χ0v) is 26.1. The molecule has 0 bridgehead atoms. The van der Waals surface area contributed by atoms with Gasteiger partial charge in [-0.25, -0.2) is 0 Å². The summed E-state index contributed by atoms with van der Waals surface area (Å²) in [4.78, 5) is 0. The van der Waals surface area contributed by atoms with Crippen LogP contribution in [0.4, 0.5) is 0 Å². The number of benzene rings is 7. The molecule has 0 fully saturated rings. The molecule has 0 spiro atoms. The Morgan fingerprint density at radius 1 is 0.391 bits per heavy atom. The van der Waals surface area contributed by atoms with Crippen LogP contribution in [0.25, 0.3) is 101 Å². The average molecular weight is 622 g/mol. The maximum Gasteiger partial charge on any atom is 0.136 e. The lowest BCUT2D eigenvalue weighted by Gasteiger charge is -2.08. The van der Waals surface area contributed by atoms with Crippen LogP contribution in [0.2, 0.25) is 0 Å². The van der Waals surface area contributed by atoms with E-state index in [2.05, 4.69) is 132 Å². The normalized spacial score (nSPS) is 12.3. The zero-order chi connectivity index (χ0) is 29.9. The molecule has 4 aromatic heterocycles. The second-order valence-electron chi connectivity index (χ2n) is 12.1. The zero-order valence-electron chi connectivity index (χ0n) is 24.5. The van der Waals surface area contributed by atoms with E-state index in [1.54, 1.807) is 0 Å². The predicted octanol–water partition coefficient (Wildman–Crippen LogP) is 13.1. The van der Waals surface area contributed by atoms with Gasteiger partial charge in [-0.2, -0.15) is 0 Å². The van der Waals surface area contributed by atoms with Gasteiger partial charge in [-0.3, -0.25) is 0 Å². The van der Waals surface area contributed by atoms with E-state index >= 15 is 0 Å². The van der Waals surface area contributed by atoms with Crippen LogP contribution in [0, 0.1) is 0 Å². The molecular weight excluding hydrogens is 599 g/mol. The number of nitrogens with zero attached hydrogens (tertiary/aromatic N) is 1. The van der Waals surface area contributed by atoms with Gasteiger partial charge in [0.15, 0.2) is 0 Å². The fraction of sp³-hybridized carbons (Fsp3) is 0. The minimum absolute atomic E-state index is 0.929. The molecule has 46 heavy (non-hydrogen) atoms. The number of thiophene rings is 2. The van der Waals surface area contributed by atoms with Gasteiger partial charge in [0, 0.05) is 67.6 Å². The fourth-order valence-corrected chi connectivity index (χ4v) is 9.78. The van der Waals surface area contributed by atoms with Gasteiger partial charge < -0.3 is 8.98 Å². The topological polar surface area (TPSA) is 18.1 Å². The first kappa shape index (κ1) is 24.8. The molecule has 2 nitrogen and oxygen atoms in total.